The first-order valence-electron chi connectivity index (χ1n) is 12.9. The number of thiazole rings is 1. The number of amides is 3. The number of allylic oxidation sites excluding steroid dienone is 1. The average molecular weight is 584 g/mol. The van der Waals surface area contributed by atoms with E-state index in [2.05, 4.69) is 20.9 Å². The Hall–Kier alpha value is -2.61. The van der Waals surface area contributed by atoms with Crippen molar-refractivity contribution in [2.45, 2.75) is 84.7 Å². The lowest BCUT2D eigenvalue weighted by molar-refractivity contribution is -0.153. The van der Waals surface area contributed by atoms with Crippen molar-refractivity contribution in [3.63, 3.8) is 0 Å². The summed E-state index contributed by atoms with van der Waals surface area (Å²) in [4.78, 5) is 55.8. The molecular formula is C26H41N5O6S2. The molecule has 2 bridgehead atoms. The van der Waals surface area contributed by atoms with Gasteiger partial charge >= 0.3 is 5.97 Å². The summed E-state index contributed by atoms with van der Waals surface area (Å²) in [6.07, 6.45) is 2.97. The fourth-order valence-electron chi connectivity index (χ4n) is 3.43. The van der Waals surface area contributed by atoms with Crippen molar-refractivity contribution in [2.24, 2.45) is 17.6 Å². The molecule has 0 saturated carbocycles. The maximum absolute atomic E-state index is 13.1. The number of hydrogen-bond donors (Lipinski definition) is 6. The van der Waals surface area contributed by atoms with Gasteiger partial charge in [-0.15, -0.1) is 11.3 Å². The third-order valence-corrected chi connectivity index (χ3v) is 7.97. The highest BCUT2D eigenvalue weighted by Gasteiger charge is 2.36. The van der Waals surface area contributed by atoms with E-state index in [9.17, 15) is 24.3 Å². The van der Waals surface area contributed by atoms with Crippen LogP contribution in [0.5, 0.6) is 0 Å². The highest BCUT2D eigenvalue weighted by atomic mass is 32.1. The van der Waals surface area contributed by atoms with Gasteiger partial charge in [0, 0.05) is 5.38 Å². The lowest BCUT2D eigenvalue weighted by Crippen LogP contribution is -2.59. The van der Waals surface area contributed by atoms with Gasteiger partial charge in [0.15, 0.2) is 0 Å². The number of nitrogens with two attached hydrogens (primary N) is 1. The minimum Gasteiger partial charge on any atom is -0.456 e. The van der Waals surface area contributed by atoms with Crippen LogP contribution in [0.25, 0.3) is 0 Å². The number of aliphatic hydroxyl groups excluding tert-OH is 1. The Morgan fingerprint density at radius 1 is 1.28 bits per heavy atom. The van der Waals surface area contributed by atoms with Crippen molar-refractivity contribution in [1.82, 2.24) is 20.9 Å². The van der Waals surface area contributed by atoms with Crippen molar-refractivity contribution in [3.05, 3.63) is 28.2 Å². The summed E-state index contributed by atoms with van der Waals surface area (Å²) < 4.78 is 5.68. The van der Waals surface area contributed by atoms with Crippen LogP contribution in [0.3, 0.4) is 0 Å². The molecule has 2 rings (SSSR count). The number of esters is 1. The second-order valence-electron chi connectivity index (χ2n) is 10.6. The van der Waals surface area contributed by atoms with E-state index >= 15 is 0 Å². The molecule has 39 heavy (non-hydrogen) atoms. The molecule has 0 spiro atoms. The molecule has 0 radical (unpaired) electrons. The summed E-state index contributed by atoms with van der Waals surface area (Å²) in [5, 5.41) is 20.5. The van der Waals surface area contributed by atoms with Gasteiger partial charge < -0.3 is 31.5 Å². The molecule has 3 atom stereocenters. The number of carbonyl (C=O) groups excluding carboxylic acids is 4. The van der Waals surface area contributed by atoms with Crippen molar-refractivity contribution in [2.75, 3.05) is 5.75 Å². The second-order valence-corrected chi connectivity index (χ2v) is 12.7. The molecule has 0 aliphatic carbocycles. The summed E-state index contributed by atoms with van der Waals surface area (Å²) in [5.41, 5.74) is 4.76. The fourth-order valence-corrected chi connectivity index (χ4v) is 5.16. The lowest BCUT2D eigenvalue weighted by atomic mass is 9.99. The molecule has 6 N–H and O–H groups in total. The Labute approximate surface area is 237 Å². The number of hydrogen-bond acceptors (Lipinski definition) is 8. The van der Waals surface area contributed by atoms with E-state index in [0.29, 0.717) is 28.5 Å². The highest BCUT2D eigenvalue weighted by molar-refractivity contribution is 7.98. The van der Waals surface area contributed by atoms with Gasteiger partial charge in [-0.3, -0.25) is 14.4 Å². The SMILES string of the molecule is CC(C)[C@@H]1NC(=O)C(C)(C)NC(=O)c2csc(n2)CNC(=O)C[C@@H](/C=C/CC/[SH]=C(/O)[C@H](N)C(C)C)OC1=O. The smallest absolute Gasteiger partial charge is 0.329 e. The van der Waals surface area contributed by atoms with Gasteiger partial charge in [-0.05, 0) is 43.9 Å². The van der Waals surface area contributed by atoms with Gasteiger partial charge in [-0.25, -0.2) is 9.78 Å². The number of aliphatic hydroxyl groups is 1. The molecule has 0 aromatic carbocycles. The normalized spacial score (nSPS) is 22.7. The number of nitrogens with one attached hydrogen (secondary N) is 3. The number of fused-ring (bicyclic) bond motifs is 2. The Morgan fingerprint density at radius 2 is 1.97 bits per heavy atom. The van der Waals surface area contributed by atoms with E-state index in [-0.39, 0.29) is 41.5 Å². The molecule has 3 amide bonds. The van der Waals surface area contributed by atoms with Crippen molar-refractivity contribution >= 4 is 51.4 Å². The molecule has 1 aromatic heterocycles. The third-order valence-electron chi connectivity index (χ3n) is 6.01. The van der Waals surface area contributed by atoms with E-state index < -0.39 is 41.5 Å². The minimum atomic E-state index is -1.33. The first-order valence-corrected chi connectivity index (χ1v) is 14.9. The summed E-state index contributed by atoms with van der Waals surface area (Å²) >= 11 is 1.92. The number of ether oxygens (including phenoxy) is 1. The van der Waals surface area contributed by atoms with Crippen LogP contribution in [-0.2, 0) is 25.7 Å². The molecule has 0 fully saturated rings. The van der Waals surface area contributed by atoms with Crippen LogP contribution in [0, 0.1) is 11.8 Å². The zero-order valence-corrected chi connectivity index (χ0v) is 25.0. The zero-order chi connectivity index (χ0) is 29.3. The molecule has 1 aliphatic heterocycles. The van der Waals surface area contributed by atoms with Crippen LogP contribution in [0.1, 0.15) is 69.9 Å². The van der Waals surface area contributed by atoms with Gasteiger partial charge in [-0.1, -0.05) is 33.8 Å². The van der Waals surface area contributed by atoms with Gasteiger partial charge in [0.2, 0.25) is 11.8 Å². The summed E-state index contributed by atoms with van der Waals surface area (Å²) in [6, 6.07) is -1.40. The Kier molecular flexibility index (Phi) is 12.3. The first-order chi connectivity index (χ1) is 18.2. The van der Waals surface area contributed by atoms with Gasteiger partial charge in [0.25, 0.3) is 5.91 Å². The largest absolute Gasteiger partial charge is 0.456 e. The summed E-state index contributed by atoms with van der Waals surface area (Å²) in [7, 11) is 0. The summed E-state index contributed by atoms with van der Waals surface area (Å²) in [6.45, 7) is 10.6. The quantitative estimate of drug-likeness (QED) is 0.0927. The number of carbonyl (C=O) groups is 4. The van der Waals surface area contributed by atoms with Gasteiger partial charge in [-0.2, -0.15) is 11.4 Å². The molecule has 11 nitrogen and oxygen atoms in total. The maximum atomic E-state index is 13.1. The molecule has 0 saturated heterocycles. The van der Waals surface area contributed by atoms with E-state index in [1.807, 2.05) is 13.8 Å². The molecule has 1 aliphatic rings. The number of cyclic esters (lactones) is 1. The number of nitrogens with zero attached hydrogens (tertiary/aromatic N) is 1. The van der Waals surface area contributed by atoms with Crippen LogP contribution >= 0.6 is 22.7 Å². The van der Waals surface area contributed by atoms with Gasteiger partial charge in [0.1, 0.15) is 28.4 Å². The number of thiol groups is 1. The molecule has 1 aromatic rings. The summed E-state index contributed by atoms with van der Waals surface area (Å²) in [5.74, 6) is -1.76. The maximum Gasteiger partial charge on any atom is 0.329 e. The predicted octanol–water partition coefficient (Wildman–Crippen LogP) is 1.81. The standard InChI is InChI=1S/C26H41N5O6S2/c1-14(2)20(27)24(35)38-10-8-7-9-16-11-18(32)28-12-19-29-17(13-39-19)22(33)31-26(5,6)25(36)30-21(15(3)4)23(34)37-16/h7,9,13-16,20-21,35,38H,8,10-12,27H2,1-6H3,(H,28,32)(H,30,36)(H,31,33)/b9-7+/t16-,20-,21+/m1/s1. The molecule has 2 heterocycles. The van der Waals surface area contributed by atoms with Crippen LogP contribution in [-0.4, -0.2) is 68.3 Å². The number of rotatable bonds is 7. The highest BCUT2D eigenvalue weighted by Crippen LogP contribution is 2.15. The number of aromatic nitrogens is 1. The van der Waals surface area contributed by atoms with Crippen molar-refractivity contribution in [1.29, 1.82) is 0 Å². The van der Waals surface area contributed by atoms with E-state index in [1.54, 1.807) is 31.4 Å². The predicted molar refractivity (Wildman–Crippen MR) is 155 cm³/mol. The molecule has 218 valence electrons. The molecule has 0 unspecified atom stereocenters. The Balaban J connectivity index is 2.25. The zero-order valence-electron chi connectivity index (χ0n) is 23.3. The molecular weight excluding hydrogens is 542 g/mol. The Bertz CT molecular complexity index is 1100. The second kappa shape index (κ2) is 14.7. The third kappa shape index (κ3) is 10.1. The van der Waals surface area contributed by atoms with E-state index in [0.717, 1.165) is 0 Å². The van der Waals surface area contributed by atoms with Crippen molar-refractivity contribution < 1.29 is 29.0 Å². The van der Waals surface area contributed by atoms with Crippen LogP contribution in [0.2, 0.25) is 0 Å². The van der Waals surface area contributed by atoms with Gasteiger partial charge in [0.05, 0.1) is 24.1 Å². The molecule has 13 heteroatoms. The fraction of sp³-hybridized carbons (Fsp3) is 0.615. The topological polar surface area (TPSA) is 173 Å². The Morgan fingerprint density at radius 3 is 2.62 bits per heavy atom. The first kappa shape index (κ1) is 32.6. The van der Waals surface area contributed by atoms with E-state index in [1.165, 1.54) is 25.2 Å². The van der Waals surface area contributed by atoms with E-state index in [4.69, 9.17) is 10.5 Å². The van der Waals surface area contributed by atoms with Crippen LogP contribution < -0.4 is 21.7 Å². The monoisotopic (exact) mass is 583 g/mol. The van der Waals surface area contributed by atoms with Crippen molar-refractivity contribution in [3.8, 4) is 0 Å². The lowest BCUT2D eigenvalue weighted by Gasteiger charge is -2.29. The van der Waals surface area contributed by atoms with Crippen LogP contribution in [0.4, 0.5) is 0 Å². The minimum absolute atomic E-state index is 0.101. The van der Waals surface area contributed by atoms with Crippen LogP contribution in [0.15, 0.2) is 17.5 Å². The average Bonchev–Trinajstić information content (AvgIpc) is 3.33.